The lowest BCUT2D eigenvalue weighted by Crippen LogP contribution is -2.10. The molecule has 0 saturated heterocycles. The van der Waals surface area contributed by atoms with Gasteiger partial charge in [-0.15, -0.1) is 0 Å². The van der Waals surface area contributed by atoms with E-state index in [9.17, 15) is 5.11 Å². The van der Waals surface area contributed by atoms with E-state index in [0.29, 0.717) is 0 Å². The van der Waals surface area contributed by atoms with Crippen molar-refractivity contribution in [1.82, 2.24) is 0 Å². The molecule has 2 heteroatoms. The number of unbranched alkanes of at least 4 members (excludes halogenated alkanes) is 3. The van der Waals surface area contributed by atoms with Crippen LogP contribution in [0, 0.1) is 5.92 Å². The van der Waals surface area contributed by atoms with Gasteiger partial charge in [0.1, 0.15) is 6.10 Å². The minimum atomic E-state index is -0.421. The second-order valence-electron chi connectivity index (χ2n) is 7.08. The molecule has 162 valence electrons. The average molecular weight is 383 g/mol. The van der Waals surface area contributed by atoms with E-state index < -0.39 is 6.10 Å². The molecule has 0 rings (SSSR count). The van der Waals surface area contributed by atoms with Crippen molar-refractivity contribution in [3.05, 3.63) is 36.6 Å². The lowest BCUT2D eigenvalue weighted by Gasteiger charge is -2.18. The van der Waals surface area contributed by atoms with E-state index in [-0.39, 0.29) is 6.10 Å². The van der Waals surface area contributed by atoms with Gasteiger partial charge in [-0.3, -0.25) is 0 Å². The van der Waals surface area contributed by atoms with E-state index in [2.05, 4.69) is 46.4 Å². The first-order valence-corrected chi connectivity index (χ1v) is 11.2. The molecule has 0 fully saturated rings. The van der Waals surface area contributed by atoms with Gasteiger partial charge in [-0.1, -0.05) is 85.6 Å². The molecular formula is C25H50O2. The minimum Gasteiger partial charge on any atom is -0.491 e. The highest BCUT2D eigenvalue weighted by atomic mass is 16.5. The van der Waals surface area contributed by atoms with Crippen LogP contribution in [-0.4, -0.2) is 17.3 Å². The summed E-state index contributed by atoms with van der Waals surface area (Å²) in [6, 6.07) is 0. The first kappa shape index (κ1) is 30.7. The zero-order valence-electron chi connectivity index (χ0n) is 19.8. The third-order valence-electron chi connectivity index (χ3n) is 3.89. The summed E-state index contributed by atoms with van der Waals surface area (Å²) in [7, 11) is 0. The summed E-state index contributed by atoms with van der Waals surface area (Å²) in [6.07, 6.45) is 16.5. The van der Waals surface area contributed by atoms with Gasteiger partial charge in [0.15, 0.2) is 0 Å². The molecule has 0 radical (unpaired) electrons. The van der Waals surface area contributed by atoms with Crippen LogP contribution in [0.3, 0.4) is 0 Å². The van der Waals surface area contributed by atoms with Crippen LogP contribution < -0.4 is 0 Å². The van der Waals surface area contributed by atoms with Crippen LogP contribution in [-0.2, 0) is 4.74 Å². The summed E-state index contributed by atoms with van der Waals surface area (Å²) in [5, 5.41) is 9.34. The van der Waals surface area contributed by atoms with E-state index in [0.717, 1.165) is 43.8 Å². The van der Waals surface area contributed by atoms with Gasteiger partial charge in [-0.05, 0) is 51.5 Å². The standard InChI is InChI=1S/C18H32O2.C5H12.C2H6/c1-5-7-9-11-12-17(4)20-18(13-10-8-6-2)15-14-16(3)19;1-4-5(2)3;1-2/h5,7,14-16,18-19H,4,6,8-13H2,1-3H3;5H,4H2,1-3H3;1-2H3/b7-5-,15-14+;;. The van der Waals surface area contributed by atoms with Crippen LogP contribution in [0.2, 0.25) is 0 Å². The molecule has 0 aliphatic rings. The highest BCUT2D eigenvalue weighted by molar-refractivity contribution is 4.96. The Bertz CT molecular complexity index is 340. The van der Waals surface area contributed by atoms with Crippen LogP contribution in [0.4, 0.5) is 0 Å². The van der Waals surface area contributed by atoms with E-state index in [1.807, 2.05) is 26.8 Å². The summed E-state index contributed by atoms with van der Waals surface area (Å²) in [5.41, 5.74) is 0. The number of hydrogen-bond acceptors (Lipinski definition) is 2. The van der Waals surface area contributed by atoms with Gasteiger partial charge in [0.2, 0.25) is 0 Å². The molecule has 1 N–H and O–H groups in total. The largest absolute Gasteiger partial charge is 0.491 e. The van der Waals surface area contributed by atoms with Crippen molar-refractivity contribution < 1.29 is 9.84 Å². The number of ether oxygens (including phenoxy) is 1. The third kappa shape index (κ3) is 30.0. The summed E-state index contributed by atoms with van der Waals surface area (Å²) < 4.78 is 5.91. The monoisotopic (exact) mass is 382 g/mol. The lowest BCUT2D eigenvalue weighted by molar-refractivity contribution is 0.135. The predicted molar refractivity (Wildman–Crippen MR) is 124 cm³/mol. The van der Waals surface area contributed by atoms with Crippen molar-refractivity contribution in [3.63, 3.8) is 0 Å². The van der Waals surface area contributed by atoms with Crippen molar-refractivity contribution in [2.75, 3.05) is 0 Å². The maximum absolute atomic E-state index is 9.34. The van der Waals surface area contributed by atoms with Gasteiger partial charge >= 0.3 is 0 Å². The van der Waals surface area contributed by atoms with Gasteiger partial charge in [0.25, 0.3) is 0 Å². The Hall–Kier alpha value is -1.02. The van der Waals surface area contributed by atoms with Gasteiger partial charge in [0.05, 0.1) is 11.9 Å². The van der Waals surface area contributed by atoms with Crippen LogP contribution in [0.15, 0.2) is 36.6 Å². The van der Waals surface area contributed by atoms with E-state index in [1.165, 1.54) is 19.3 Å². The molecule has 0 aliphatic carbocycles. The van der Waals surface area contributed by atoms with Gasteiger partial charge in [-0.2, -0.15) is 0 Å². The molecule has 0 saturated carbocycles. The number of hydrogen-bond donors (Lipinski definition) is 1. The number of rotatable bonds is 13. The molecule has 2 atom stereocenters. The normalized spacial score (nSPS) is 13.0. The number of aliphatic hydroxyl groups excluding tert-OH is 1. The predicted octanol–water partition coefficient (Wildman–Crippen LogP) is 8.23. The average Bonchev–Trinajstić information content (AvgIpc) is 2.65. The van der Waals surface area contributed by atoms with E-state index >= 15 is 0 Å². The van der Waals surface area contributed by atoms with Crippen LogP contribution in [0.5, 0.6) is 0 Å². The van der Waals surface area contributed by atoms with Crippen LogP contribution in [0.25, 0.3) is 0 Å². The Labute approximate surface area is 171 Å². The number of allylic oxidation sites excluding steroid dienone is 3. The Morgan fingerprint density at radius 2 is 1.63 bits per heavy atom. The second-order valence-corrected chi connectivity index (χ2v) is 7.08. The molecule has 0 amide bonds. The summed E-state index contributed by atoms with van der Waals surface area (Å²) in [5.74, 6) is 1.74. The molecule has 0 heterocycles. The van der Waals surface area contributed by atoms with E-state index in [4.69, 9.17) is 4.74 Å². The summed E-state index contributed by atoms with van der Waals surface area (Å²) >= 11 is 0. The summed E-state index contributed by atoms with van der Waals surface area (Å²) in [6.45, 7) is 20.6. The zero-order valence-corrected chi connectivity index (χ0v) is 19.8. The fourth-order valence-corrected chi connectivity index (χ4v) is 1.93. The molecule has 0 spiro atoms. The molecule has 0 aromatic rings. The second kappa shape index (κ2) is 25.0. The fraction of sp³-hybridized carbons (Fsp3) is 0.760. The SMILES string of the molecule is C=C(CCC/C=C\C)OC(/C=C/C(C)O)CCCCC.CC.CCC(C)C. The van der Waals surface area contributed by atoms with Crippen molar-refractivity contribution >= 4 is 0 Å². The molecule has 27 heavy (non-hydrogen) atoms. The molecule has 0 bridgehead atoms. The Kier molecular flexibility index (Phi) is 28.4. The quantitative estimate of drug-likeness (QED) is 0.197. The molecule has 0 aliphatic heterocycles. The first-order valence-electron chi connectivity index (χ1n) is 11.2. The molecule has 2 nitrogen and oxygen atoms in total. The highest BCUT2D eigenvalue weighted by Crippen LogP contribution is 2.16. The Morgan fingerprint density at radius 1 is 1.04 bits per heavy atom. The topological polar surface area (TPSA) is 29.5 Å². The first-order chi connectivity index (χ1) is 12.9. The van der Waals surface area contributed by atoms with Crippen LogP contribution >= 0.6 is 0 Å². The molecule has 0 aromatic carbocycles. The van der Waals surface area contributed by atoms with E-state index in [1.54, 1.807) is 13.0 Å². The minimum absolute atomic E-state index is 0.0466. The van der Waals surface area contributed by atoms with Crippen molar-refractivity contribution in [2.24, 2.45) is 5.92 Å². The lowest BCUT2D eigenvalue weighted by atomic mass is 10.1. The Balaban J connectivity index is -0.000000705. The third-order valence-corrected chi connectivity index (χ3v) is 3.89. The van der Waals surface area contributed by atoms with Crippen molar-refractivity contribution in [1.29, 1.82) is 0 Å². The smallest absolute Gasteiger partial charge is 0.116 e. The summed E-state index contributed by atoms with van der Waals surface area (Å²) in [4.78, 5) is 0. The van der Waals surface area contributed by atoms with Gasteiger partial charge in [-0.25, -0.2) is 0 Å². The Morgan fingerprint density at radius 3 is 2.07 bits per heavy atom. The number of aliphatic hydroxyl groups is 1. The highest BCUT2D eigenvalue weighted by Gasteiger charge is 2.07. The molecule has 0 aromatic heterocycles. The zero-order chi connectivity index (χ0) is 21.5. The maximum Gasteiger partial charge on any atom is 0.116 e. The molecular weight excluding hydrogens is 332 g/mol. The van der Waals surface area contributed by atoms with Crippen molar-refractivity contribution in [2.45, 2.75) is 119 Å². The van der Waals surface area contributed by atoms with Crippen LogP contribution in [0.1, 0.15) is 107 Å². The van der Waals surface area contributed by atoms with Crippen molar-refractivity contribution in [3.8, 4) is 0 Å². The van der Waals surface area contributed by atoms with Gasteiger partial charge < -0.3 is 9.84 Å². The molecule has 2 unspecified atom stereocenters. The van der Waals surface area contributed by atoms with Gasteiger partial charge in [0, 0.05) is 6.42 Å². The maximum atomic E-state index is 9.34. The fourth-order valence-electron chi connectivity index (χ4n) is 1.93.